The van der Waals surface area contributed by atoms with Crippen molar-refractivity contribution in [3.8, 4) is 22.9 Å². The monoisotopic (exact) mass is 534 g/mol. The standard InChI is InChI=1S/C29H34N4O6/c1-3-36-25-15-20(16-26(37-4-2)28(25)32-13-5-6-14-32)18-33(21-9-11-30-12-10-21)29-31-23-17-22(38-19-27(34)35)7-8-24(23)39-29/h5-8,13-17,21,30H,3-4,9-12,18-19H2,1-2H3,(H,34,35). The summed E-state index contributed by atoms with van der Waals surface area (Å²) in [4.78, 5) is 17.9. The lowest BCUT2D eigenvalue weighted by atomic mass is 10.0. The molecule has 0 radical (unpaired) electrons. The van der Waals surface area contributed by atoms with Crippen LogP contribution in [0.1, 0.15) is 32.3 Å². The van der Waals surface area contributed by atoms with Gasteiger partial charge in [0.1, 0.15) is 28.5 Å². The molecule has 0 bridgehead atoms. The number of aromatic nitrogens is 2. The van der Waals surface area contributed by atoms with Gasteiger partial charge < -0.3 is 38.5 Å². The zero-order valence-corrected chi connectivity index (χ0v) is 22.3. The van der Waals surface area contributed by atoms with Gasteiger partial charge in [0.15, 0.2) is 12.2 Å². The van der Waals surface area contributed by atoms with Gasteiger partial charge in [0.2, 0.25) is 0 Å². The summed E-state index contributed by atoms with van der Waals surface area (Å²) in [7, 11) is 0. The molecule has 2 aromatic heterocycles. The molecule has 206 valence electrons. The van der Waals surface area contributed by atoms with Crippen LogP contribution in [0.15, 0.2) is 59.3 Å². The van der Waals surface area contributed by atoms with Gasteiger partial charge in [-0.1, -0.05) is 0 Å². The van der Waals surface area contributed by atoms with Crippen LogP contribution >= 0.6 is 0 Å². The SMILES string of the molecule is CCOc1cc(CN(c2nc3cc(OCC(=O)O)ccc3o2)C2CCNCC2)cc(OCC)c1-n1cccc1. The average molecular weight is 535 g/mol. The molecule has 10 heteroatoms. The highest BCUT2D eigenvalue weighted by Crippen LogP contribution is 2.37. The lowest BCUT2D eigenvalue weighted by Crippen LogP contribution is -2.43. The quantitative estimate of drug-likeness (QED) is 0.269. The maximum Gasteiger partial charge on any atom is 0.341 e. The number of benzene rings is 2. The normalized spacial score (nSPS) is 13.9. The molecular formula is C29H34N4O6. The lowest BCUT2D eigenvalue weighted by Gasteiger charge is -2.34. The molecule has 0 unspecified atom stereocenters. The maximum atomic E-state index is 10.9. The molecule has 0 amide bonds. The van der Waals surface area contributed by atoms with Gasteiger partial charge in [-0.3, -0.25) is 0 Å². The highest BCUT2D eigenvalue weighted by Gasteiger charge is 2.27. The van der Waals surface area contributed by atoms with Gasteiger partial charge in [0, 0.05) is 31.0 Å². The molecule has 1 fully saturated rings. The number of hydrogen-bond acceptors (Lipinski definition) is 8. The molecule has 0 aliphatic carbocycles. The third kappa shape index (κ3) is 6.12. The van der Waals surface area contributed by atoms with Crippen molar-refractivity contribution in [1.82, 2.24) is 14.9 Å². The summed E-state index contributed by atoms with van der Waals surface area (Å²) in [5.41, 5.74) is 3.11. The van der Waals surface area contributed by atoms with Crippen LogP contribution in [0, 0.1) is 0 Å². The van der Waals surface area contributed by atoms with E-state index in [2.05, 4.69) is 22.3 Å². The third-order valence-corrected chi connectivity index (χ3v) is 6.62. The zero-order chi connectivity index (χ0) is 27.2. The van der Waals surface area contributed by atoms with Crippen LogP contribution in [0.3, 0.4) is 0 Å². The number of anilines is 1. The molecule has 1 saturated heterocycles. The number of nitrogens with zero attached hydrogens (tertiary/aromatic N) is 3. The van der Waals surface area contributed by atoms with Gasteiger partial charge in [-0.05, 0) is 81.7 Å². The first-order chi connectivity index (χ1) is 19.1. The minimum Gasteiger partial charge on any atom is -0.492 e. The maximum absolute atomic E-state index is 10.9. The number of hydrogen-bond donors (Lipinski definition) is 2. The second kappa shape index (κ2) is 12.1. The first-order valence-electron chi connectivity index (χ1n) is 13.3. The van der Waals surface area contributed by atoms with Crippen molar-refractivity contribution in [3.05, 3.63) is 60.4 Å². The van der Waals surface area contributed by atoms with Gasteiger partial charge >= 0.3 is 5.97 Å². The molecule has 1 aliphatic heterocycles. The van der Waals surface area contributed by atoms with E-state index in [1.54, 1.807) is 18.2 Å². The Morgan fingerprint density at radius 3 is 2.41 bits per heavy atom. The number of piperidine rings is 1. The van der Waals surface area contributed by atoms with Gasteiger partial charge in [-0.2, -0.15) is 4.98 Å². The topological polar surface area (TPSA) is 111 Å². The number of ether oxygens (including phenoxy) is 3. The fourth-order valence-electron chi connectivity index (χ4n) is 4.92. The molecule has 2 N–H and O–H groups in total. The highest BCUT2D eigenvalue weighted by molar-refractivity contribution is 5.77. The molecule has 1 aliphatic rings. The number of rotatable bonds is 12. The number of carboxylic acids is 1. The van der Waals surface area contributed by atoms with Crippen LogP contribution in [0.2, 0.25) is 0 Å². The summed E-state index contributed by atoms with van der Waals surface area (Å²) in [5.74, 6) is 0.894. The molecular weight excluding hydrogens is 500 g/mol. The highest BCUT2D eigenvalue weighted by atomic mass is 16.5. The minimum absolute atomic E-state index is 0.220. The number of oxazole rings is 1. The van der Waals surface area contributed by atoms with E-state index >= 15 is 0 Å². The molecule has 39 heavy (non-hydrogen) atoms. The van der Waals surface area contributed by atoms with Crippen LogP contribution in [0.4, 0.5) is 6.01 Å². The van der Waals surface area contributed by atoms with Gasteiger partial charge in [0.25, 0.3) is 6.01 Å². The van der Waals surface area contributed by atoms with Crippen molar-refractivity contribution in [3.63, 3.8) is 0 Å². The second-order valence-electron chi connectivity index (χ2n) is 9.31. The van der Waals surface area contributed by atoms with E-state index in [0.717, 1.165) is 48.7 Å². The summed E-state index contributed by atoms with van der Waals surface area (Å²) < 4.78 is 25.8. The van der Waals surface area contributed by atoms with Crippen LogP contribution < -0.4 is 24.4 Å². The Bertz CT molecular complexity index is 1370. The Kier molecular flexibility index (Phi) is 8.21. The summed E-state index contributed by atoms with van der Waals surface area (Å²) in [6.45, 7) is 6.95. The number of nitrogens with one attached hydrogen (secondary N) is 1. The zero-order valence-electron chi connectivity index (χ0n) is 22.3. The van der Waals surface area contributed by atoms with Crippen LogP contribution in [-0.4, -0.2) is 59.6 Å². The number of fused-ring (bicyclic) bond motifs is 1. The van der Waals surface area contributed by atoms with Crippen LogP contribution in [0.25, 0.3) is 16.8 Å². The predicted molar refractivity (Wildman–Crippen MR) is 147 cm³/mol. The molecule has 0 atom stereocenters. The fraction of sp³-hybridized carbons (Fsp3) is 0.379. The Morgan fingerprint density at radius 1 is 1.08 bits per heavy atom. The van der Waals surface area contributed by atoms with E-state index in [1.165, 1.54) is 0 Å². The van der Waals surface area contributed by atoms with Crippen molar-refractivity contribution in [2.75, 3.05) is 37.8 Å². The average Bonchev–Trinajstić information content (AvgIpc) is 3.61. The van der Waals surface area contributed by atoms with E-state index in [0.29, 0.717) is 42.6 Å². The molecule has 0 saturated carbocycles. The fourth-order valence-corrected chi connectivity index (χ4v) is 4.92. The van der Waals surface area contributed by atoms with Crippen molar-refractivity contribution < 1.29 is 28.5 Å². The Balaban J connectivity index is 1.52. The summed E-state index contributed by atoms with van der Waals surface area (Å²) in [5, 5.41) is 12.4. The van der Waals surface area contributed by atoms with E-state index in [9.17, 15) is 4.79 Å². The van der Waals surface area contributed by atoms with Crippen LogP contribution in [-0.2, 0) is 11.3 Å². The van der Waals surface area contributed by atoms with Gasteiger partial charge in [0.05, 0.1) is 13.2 Å². The summed E-state index contributed by atoms with van der Waals surface area (Å²) in [6.07, 6.45) is 5.86. The molecule has 3 heterocycles. The Labute approximate surface area is 227 Å². The molecule has 10 nitrogen and oxygen atoms in total. The summed E-state index contributed by atoms with van der Waals surface area (Å²) >= 11 is 0. The van der Waals surface area contributed by atoms with Gasteiger partial charge in [-0.15, -0.1) is 0 Å². The van der Waals surface area contributed by atoms with Gasteiger partial charge in [-0.25, -0.2) is 4.79 Å². The first-order valence-corrected chi connectivity index (χ1v) is 13.3. The van der Waals surface area contributed by atoms with E-state index in [1.807, 2.05) is 42.9 Å². The van der Waals surface area contributed by atoms with E-state index in [4.69, 9.17) is 28.7 Å². The van der Waals surface area contributed by atoms with E-state index < -0.39 is 12.6 Å². The molecule has 2 aromatic carbocycles. The Morgan fingerprint density at radius 2 is 1.77 bits per heavy atom. The number of carbonyl (C=O) groups is 1. The summed E-state index contributed by atoms with van der Waals surface area (Å²) in [6, 6.07) is 14.0. The van der Waals surface area contributed by atoms with Crippen LogP contribution in [0.5, 0.6) is 17.2 Å². The largest absolute Gasteiger partial charge is 0.492 e. The molecule has 5 rings (SSSR count). The lowest BCUT2D eigenvalue weighted by molar-refractivity contribution is -0.139. The van der Waals surface area contributed by atoms with Crippen molar-refractivity contribution in [2.45, 2.75) is 39.3 Å². The second-order valence-corrected chi connectivity index (χ2v) is 9.31. The van der Waals surface area contributed by atoms with Crippen molar-refractivity contribution in [2.24, 2.45) is 0 Å². The van der Waals surface area contributed by atoms with Crippen molar-refractivity contribution >= 4 is 23.1 Å². The molecule has 0 spiro atoms. The predicted octanol–water partition coefficient (Wildman–Crippen LogP) is 4.64. The van der Waals surface area contributed by atoms with Crippen molar-refractivity contribution in [1.29, 1.82) is 0 Å². The Hall–Kier alpha value is -4.18. The minimum atomic E-state index is -1.03. The number of carboxylic acid groups (broad SMARTS) is 1. The smallest absolute Gasteiger partial charge is 0.341 e. The van der Waals surface area contributed by atoms with E-state index in [-0.39, 0.29) is 6.04 Å². The molecule has 4 aromatic rings. The third-order valence-electron chi connectivity index (χ3n) is 6.62. The first kappa shape index (κ1) is 26.4. The number of aliphatic carboxylic acids is 1.